The summed E-state index contributed by atoms with van der Waals surface area (Å²) >= 11 is 0. The lowest BCUT2D eigenvalue weighted by Crippen LogP contribution is -2.24. The van der Waals surface area contributed by atoms with Gasteiger partial charge in [0.05, 0.1) is 17.8 Å². The van der Waals surface area contributed by atoms with Crippen LogP contribution in [-0.4, -0.2) is 22.6 Å². The van der Waals surface area contributed by atoms with Gasteiger partial charge in [0.2, 0.25) is 0 Å². The number of carbonyl (C=O) groups excluding carboxylic acids is 1. The van der Waals surface area contributed by atoms with E-state index in [4.69, 9.17) is 4.52 Å². The molecule has 0 fully saturated rings. The lowest BCUT2D eigenvalue weighted by atomic mass is 10.2. The largest absolute Gasteiger partial charge is 0.369 e. The van der Waals surface area contributed by atoms with E-state index in [0.717, 1.165) is 18.7 Å². The van der Waals surface area contributed by atoms with E-state index in [0.29, 0.717) is 23.7 Å². The molecular weight excluding hydrogens is 256 g/mol. The Bertz CT molecular complexity index is 580. The molecule has 0 bridgehead atoms. The first-order chi connectivity index (χ1) is 9.70. The van der Waals surface area contributed by atoms with E-state index < -0.39 is 0 Å². The summed E-state index contributed by atoms with van der Waals surface area (Å²) in [5, 5.41) is 9.71. The number of nitrogens with zero attached hydrogens (tertiary/aromatic N) is 2. The van der Waals surface area contributed by atoms with Gasteiger partial charge < -0.3 is 15.2 Å². The van der Waals surface area contributed by atoms with Crippen molar-refractivity contribution in [2.75, 3.05) is 11.9 Å². The quantitative estimate of drug-likeness (QED) is 0.843. The van der Waals surface area contributed by atoms with Gasteiger partial charge in [-0.15, -0.1) is 0 Å². The number of aromatic nitrogens is 2. The fourth-order valence-electron chi connectivity index (χ4n) is 1.74. The lowest BCUT2D eigenvalue weighted by molar-refractivity contribution is 0.0947. The van der Waals surface area contributed by atoms with Crippen LogP contribution in [0.25, 0.3) is 0 Å². The summed E-state index contributed by atoms with van der Waals surface area (Å²) in [6, 6.07) is 5.27. The van der Waals surface area contributed by atoms with Gasteiger partial charge in [-0.3, -0.25) is 4.79 Å². The maximum atomic E-state index is 12.2. The fraction of sp³-hybridized carbons (Fsp3) is 0.357. The second kappa shape index (κ2) is 6.70. The molecule has 6 nitrogen and oxygen atoms in total. The first-order valence-corrected chi connectivity index (χ1v) is 6.60. The average molecular weight is 274 g/mol. The molecule has 2 aromatic heterocycles. The maximum absolute atomic E-state index is 12.2. The number of nitrogens with one attached hydrogen (secondary N) is 2. The van der Waals surface area contributed by atoms with Crippen molar-refractivity contribution < 1.29 is 9.32 Å². The highest BCUT2D eigenvalue weighted by atomic mass is 16.5. The fourth-order valence-corrected chi connectivity index (χ4v) is 1.74. The van der Waals surface area contributed by atoms with Gasteiger partial charge in [-0.2, -0.15) is 0 Å². The van der Waals surface area contributed by atoms with Crippen LogP contribution in [0.3, 0.4) is 0 Å². The van der Waals surface area contributed by atoms with Crippen LogP contribution in [0.1, 0.15) is 35.2 Å². The molecular formula is C14H18N4O2. The van der Waals surface area contributed by atoms with Crippen molar-refractivity contribution in [1.82, 2.24) is 15.5 Å². The van der Waals surface area contributed by atoms with Gasteiger partial charge in [-0.25, -0.2) is 4.98 Å². The van der Waals surface area contributed by atoms with Gasteiger partial charge in [0.15, 0.2) is 5.76 Å². The Balaban J connectivity index is 2.01. The number of aryl methyl sites for hydroxylation is 1. The van der Waals surface area contributed by atoms with Gasteiger partial charge in [0.25, 0.3) is 5.91 Å². The maximum Gasteiger partial charge on any atom is 0.255 e. The molecule has 0 aromatic carbocycles. The predicted octanol–water partition coefficient (Wildman–Crippen LogP) is 2.13. The number of anilines is 1. The summed E-state index contributed by atoms with van der Waals surface area (Å²) in [6.45, 7) is 4.98. The molecule has 1 amide bonds. The van der Waals surface area contributed by atoms with Crippen molar-refractivity contribution in [3.63, 3.8) is 0 Å². The second-order valence-corrected chi connectivity index (χ2v) is 4.44. The molecule has 20 heavy (non-hydrogen) atoms. The zero-order valence-electron chi connectivity index (χ0n) is 11.6. The molecule has 2 rings (SSSR count). The highest BCUT2D eigenvalue weighted by Gasteiger charge is 2.12. The SMILES string of the molecule is CCCNc1ncccc1C(=O)NCc1cc(C)no1. The molecule has 0 radical (unpaired) electrons. The second-order valence-electron chi connectivity index (χ2n) is 4.44. The Morgan fingerprint density at radius 3 is 3.00 bits per heavy atom. The number of hydrogen-bond donors (Lipinski definition) is 2. The van der Waals surface area contributed by atoms with Gasteiger partial charge in [-0.05, 0) is 25.5 Å². The molecule has 0 aliphatic carbocycles. The molecule has 2 N–H and O–H groups in total. The van der Waals surface area contributed by atoms with Crippen LogP contribution in [0, 0.1) is 6.92 Å². The van der Waals surface area contributed by atoms with E-state index in [-0.39, 0.29) is 5.91 Å². The Morgan fingerprint density at radius 2 is 2.30 bits per heavy atom. The lowest BCUT2D eigenvalue weighted by Gasteiger charge is -2.09. The number of rotatable bonds is 6. The number of carbonyl (C=O) groups is 1. The first kappa shape index (κ1) is 14.0. The Morgan fingerprint density at radius 1 is 1.45 bits per heavy atom. The molecule has 2 heterocycles. The minimum absolute atomic E-state index is 0.189. The first-order valence-electron chi connectivity index (χ1n) is 6.60. The molecule has 0 aliphatic heterocycles. The molecule has 0 saturated heterocycles. The predicted molar refractivity (Wildman–Crippen MR) is 75.4 cm³/mol. The molecule has 6 heteroatoms. The number of pyridine rings is 1. The van der Waals surface area contributed by atoms with Crippen LogP contribution in [0.4, 0.5) is 5.82 Å². The van der Waals surface area contributed by atoms with E-state index >= 15 is 0 Å². The normalized spacial score (nSPS) is 10.3. The topological polar surface area (TPSA) is 80.0 Å². The van der Waals surface area contributed by atoms with Crippen LogP contribution < -0.4 is 10.6 Å². The van der Waals surface area contributed by atoms with Crippen LogP contribution in [-0.2, 0) is 6.54 Å². The van der Waals surface area contributed by atoms with Crippen LogP contribution in [0.2, 0.25) is 0 Å². The average Bonchev–Trinajstić information content (AvgIpc) is 2.88. The Kier molecular flexibility index (Phi) is 4.70. The summed E-state index contributed by atoms with van der Waals surface area (Å²) in [7, 11) is 0. The molecule has 0 aliphatic rings. The van der Waals surface area contributed by atoms with Crippen LogP contribution in [0.5, 0.6) is 0 Å². The minimum Gasteiger partial charge on any atom is -0.369 e. The van der Waals surface area contributed by atoms with Crippen LogP contribution >= 0.6 is 0 Å². The summed E-state index contributed by atoms with van der Waals surface area (Å²) in [5.41, 5.74) is 1.32. The third kappa shape index (κ3) is 3.57. The zero-order chi connectivity index (χ0) is 14.4. The Labute approximate surface area is 117 Å². The molecule has 0 spiro atoms. The van der Waals surface area contributed by atoms with Gasteiger partial charge in [-0.1, -0.05) is 12.1 Å². The third-order valence-electron chi connectivity index (χ3n) is 2.69. The highest BCUT2D eigenvalue weighted by molar-refractivity contribution is 5.98. The summed E-state index contributed by atoms with van der Waals surface area (Å²) in [6.07, 6.45) is 2.63. The van der Waals surface area contributed by atoms with Gasteiger partial charge in [0.1, 0.15) is 5.82 Å². The Hall–Kier alpha value is -2.37. The standard InChI is InChI=1S/C14H18N4O2/c1-3-6-15-13-12(5-4-7-16-13)14(19)17-9-11-8-10(2)18-20-11/h4-5,7-8H,3,6,9H2,1-2H3,(H,15,16)(H,17,19). The van der Waals surface area contributed by atoms with Crippen molar-refractivity contribution in [2.24, 2.45) is 0 Å². The summed E-state index contributed by atoms with van der Waals surface area (Å²) in [5.74, 6) is 1.04. The van der Waals surface area contributed by atoms with E-state index in [1.165, 1.54) is 0 Å². The van der Waals surface area contributed by atoms with E-state index in [1.807, 2.05) is 6.92 Å². The van der Waals surface area contributed by atoms with Crippen molar-refractivity contribution in [1.29, 1.82) is 0 Å². The van der Waals surface area contributed by atoms with Crippen molar-refractivity contribution in [2.45, 2.75) is 26.8 Å². The summed E-state index contributed by atoms with van der Waals surface area (Å²) in [4.78, 5) is 16.3. The van der Waals surface area contributed by atoms with Crippen molar-refractivity contribution >= 4 is 11.7 Å². The van der Waals surface area contributed by atoms with Gasteiger partial charge in [0, 0.05) is 18.8 Å². The third-order valence-corrected chi connectivity index (χ3v) is 2.69. The monoisotopic (exact) mass is 274 g/mol. The van der Waals surface area contributed by atoms with Crippen LogP contribution in [0.15, 0.2) is 28.9 Å². The number of hydrogen-bond acceptors (Lipinski definition) is 5. The molecule has 0 saturated carbocycles. The van der Waals surface area contributed by atoms with E-state index in [2.05, 4.69) is 27.7 Å². The minimum atomic E-state index is -0.189. The highest BCUT2D eigenvalue weighted by Crippen LogP contribution is 2.11. The van der Waals surface area contributed by atoms with E-state index in [9.17, 15) is 4.79 Å². The van der Waals surface area contributed by atoms with Crippen molar-refractivity contribution in [3.05, 3.63) is 41.4 Å². The summed E-state index contributed by atoms with van der Waals surface area (Å²) < 4.78 is 5.05. The zero-order valence-corrected chi connectivity index (χ0v) is 11.6. The number of amides is 1. The van der Waals surface area contributed by atoms with Crippen molar-refractivity contribution in [3.8, 4) is 0 Å². The van der Waals surface area contributed by atoms with E-state index in [1.54, 1.807) is 24.4 Å². The van der Waals surface area contributed by atoms with Gasteiger partial charge >= 0.3 is 0 Å². The molecule has 106 valence electrons. The smallest absolute Gasteiger partial charge is 0.255 e. The molecule has 0 unspecified atom stereocenters. The molecule has 0 atom stereocenters. The molecule has 2 aromatic rings.